The van der Waals surface area contributed by atoms with Crippen molar-refractivity contribution in [3.05, 3.63) is 0 Å². The van der Waals surface area contributed by atoms with Crippen LogP contribution in [-0.2, 0) is 14.3 Å². The van der Waals surface area contributed by atoms with Gasteiger partial charge in [-0.05, 0) is 33.6 Å². The molecule has 0 amide bonds. The third kappa shape index (κ3) is 4.10. The number of hydrogen-bond donors (Lipinski definition) is 0. The van der Waals surface area contributed by atoms with Gasteiger partial charge in [-0.15, -0.1) is 0 Å². The van der Waals surface area contributed by atoms with E-state index >= 15 is 0 Å². The first-order valence-corrected chi connectivity index (χ1v) is 6.14. The lowest BCUT2D eigenvalue weighted by Crippen LogP contribution is -2.46. The quantitative estimate of drug-likeness (QED) is 0.669. The van der Waals surface area contributed by atoms with Crippen LogP contribution in [0.3, 0.4) is 0 Å². The fourth-order valence-electron chi connectivity index (χ4n) is 2.11. The van der Waals surface area contributed by atoms with Gasteiger partial charge in [0.05, 0.1) is 13.2 Å². The molecule has 0 aromatic heterocycles. The molecule has 4 nitrogen and oxygen atoms in total. The first-order chi connectivity index (χ1) is 7.65. The summed E-state index contributed by atoms with van der Waals surface area (Å²) < 4.78 is 10.3. The average molecular weight is 229 g/mol. The van der Waals surface area contributed by atoms with Gasteiger partial charge in [0.2, 0.25) is 0 Å². The van der Waals surface area contributed by atoms with E-state index < -0.39 is 0 Å². The SMILES string of the molecule is CCOC(=O)CN(C(C)C)C1CCOCC1. The maximum Gasteiger partial charge on any atom is 0.320 e. The van der Waals surface area contributed by atoms with Crippen molar-refractivity contribution in [2.45, 2.75) is 45.7 Å². The van der Waals surface area contributed by atoms with E-state index in [4.69, 9.17) is 9.47 Å². The highest BCUT2D eigenvalue weighted by molar-refractivity contribution is 5.71. The zero-order chi connectivity index (χ0) is 12.0. The van der Waals surface area contributed by atoms with Crippen LogP contribution in [0.1, 0.15) is 33.6 Å². The van der Waals surface area contributed by atoms with Gasteiger partial charge in [-0.3, -0.25) is 9.69 Å². The van der Waals surface area contributed by atoms with Gasteiger partial charge in [-0.2, -0.15) is 0 Å². The predicted octanol–water partition coefficient (Wildman–Crippen LogP) is 1.44. The molecular formula is C12H23NO3. The molecule has 0 bridgehead atoms. The van der Waals surface area contributed by atoms with Crippen molar-refractivity contribution >= 4 is 5.97 Å². The second-order valence-corrected chi connectivity index (χ2v) is 4.41. The van der Waals surface area contributed by atoms with Crippen molar-refractivity contribution in [1.29, 1.82) is 0 Å². The molecule has 16 heavy (non-hydrogen) atoms. The van der Waals surface area contributed by atoms with Gasteiger partial charge in [-0.25, -0.2) is 0 Å². The summed E-state index contributed by atoms with van der Waals surface area (Å²) in [6.07, 6.45) is 2.02. The van der Waals surface area contributed by atoms with Gasteiger partial charge in [0.25, 0.3) is 0 Å². The smallest absolute Gasteiger partial charge is 0.320 e. The van der Waals surface area contributed by atoms with E-state index in [0.717, 1.165) is 26.1 Å². The summed E-state index contributed by atoms with van der Waals surface area (Å²) in [7, 11) is 0. The van der Waals surface area contributed by atoms with Gasteiger partial charge >= 0.3 is 5.97 Å². The van der Waals surface area contributed by atoms with Gasteiger partial charge in [0, 0.05) is 25.3 Å². The molecule has 1 fully saturated rings. The lowest BCUT2D eigenvalue weighted by molar-refractivity contribution is -0.146. The Morgan fingerprint density at radius 1 is 1.44 bits per heavy atom. The first-order valence-electron chi connectivity index (χ1n) is 6.14. The number of carbonyl (C=O) groups excluding carboxylic acids is 1. The Morgan fingerprint density at radius 2 is 2.06 bits per heavy atom. The van der Waals surface area contributed by atoms with Crippen LogP contribution in [0.15, 0.2) is 0 Å². The number of hydrogen-bond acceptors (Lipinski definition) is 4. The van der Waals surface area contributed by atoms with Crippen LogP contribution in [0.2, 0.25) is 0 Å². The molecule has 1 saturated heterocycles. The maximum atomic E-state index is 11.5. The van der Waals surface area contributed by atoms with Gasteiger partial charge in [-0.1, -0.05) is 0 Å². The molecule has 1 heterocycles. The van der Waals surface area contributed by atoms with Gasteiger partial charge in [0.1, 0.15) is 0 Å². The first kappa shape index (κ1) is 13.5. The Morgan fingerprint density at radius 3 is 2.56 bits per heavy atom. The molecule has 0 aliphatic carbocycles. The molecule has 0 aromatic rings. The monoisotopic (exact) mass is 229 g/mol. The second kappa shape index (κ2) is 6.86. The Hall–Kier alpha value is -0.610. The van der Waals surface area contributed by atoms with Crippen LogP contribution in [0.5, 0.6) is 0 Å². The molecule has 0 unspecified atom stereocenters. The lowest BCUT2D eigenvalue weighted by atomic mass is 10.1. The van der Waals surface area contributed by atoms with Crippen molar-refractivity contribution < 1.29 is 14.3 Å². The van der Waals surface area contributed by atoms with Crippen LogP contribution in [0, 0.1) is 0 Å². The fourth-order valence-corrected chi connectivity index (χ4v) is 2.11. The molecule has 1 rings (SSSR count). The molecule has 1 aliphatic rings. The molecule has 0 spiro atoms. The van der Waals surface area contributed by atoms with E-state index in [0.29, 0.717) is 25.2 Å². The number of esters is 1. The topological polar surface area (TPSA) is 38.8 Å². The summed E-state index contributed by atoms with van der Waals surface area (Å²) in [5.74, 6) is -0.123. The number of nitrogens with zero attached hydrogens (tertiary/aromatic N) is 1. The van der Waals surface area contributed by atoms with Crippen molar-refractivity contribution in [3.63, 3.8) is 0 Å². The molecule has 1 aliphatic heterocycles. The Kier molecular flexibility index (Phi) is 5.77. The third-order valence-corrected chi connectivity index (χ3v) is 2.94. The maximum absolute atomic E-state index is 11.5. The van der Waals surface area contributed by atoms with Crippen LogP contribution in [0.4, 0.5) is 0 Å². The van der Waals surface area contributed by atoms with E-state index in [2.05, 4.69) is 18.7 Å². The molecule has 94 valence electrons. The molecular weight excluding hydrogens is 206 g/mol. The Bertz CT molecular complexity index is 212. The van der Waals surface area contributed by atoms with E-state index in [-0.39, 0.29) is 5.97 Å². The fraction of sp³-hybridized carbons (Fsp3) is 0.917. The summed E-state index contributed by atoms with van der Waals surface area (Å²) in [6.45, 7) is 8.54. The van der Waals surface area contributed by atoms with E-state index in [1.54, 1.807) is 0 Å². The minimum absolute atomic E-state index is 0.123. The third-order valence-electron chi connectivity index (χ3n) is 2.94. The Balaban J connectivity index is 2.48. The average Bonchev–Trinajstić information content (AvgIpc) is 2.27. The number of rotatable bonds is 5. The summed E-state index contributed by atoms with van der Waals surface area (Å²) in [6, 6.07) is 0.825. The van der Waals surface area contributed by atoms with Crippen LogP contribution in [0.25, 0.3) is 0 Å². The zero-order valence-corrected chi connectivity index (χ0v) is 10.6. The van der Waals surface area contributed by atoms with Crippen LogP contribution in [-0.4, -0.2) is 49.3 Å². The highest BCUT2D eigenvalue weighted by atomic mass is 16.5. The van der Waals surface area contributed by atoms with Crippen LogP contribution >= 0.6 is 0 Å². The molecule has 0 radical (unpaired) electrons. The minimum atomic E-state index is -0.123. The number of ether oxygens (including phenoxy) is 2. The summed E-state index contributed by atoms with van der Waals surface area (Å²) in [4.78, 5) is 13.7. The standard InChI is InChI=1S/C12H23NO3/c1-4-16-12(14)9-13(10(2)3)11-5-7-15-8-6-11/h10-11H,4-9H2,1-3H3. The van der Waals surface area contributed by atoms with Gasteiger partial charge < -0.3 is 9.47 Å². The van der Waals surface area contributed by atoms with Crippen molar-refractivity contribution in [2.75, 3.05) is 26.4 Å². The minimum Gasteiger partial charge on any atom is -0.465 e. The molecule has 0 atom stereocenters. The second-order valence-electron chi connectivity index (χ2n) is 4.41. The molecule has 0 N–H and O–H groups in total. The summed E-state index contributed by atoms with van der Waals surface area (Å²) in [5.41, 5.74) is 0. The summed E-state index contributed by atoms with van der Waals surface area (Å²) in [5, 5.41) is 0. The van der Waals surface area contributed by atoms with Crippen molar-refractivity contribution in [3.8, 4) is 0 Å². The lowest BCUT2D eigenvalue weighted by Gasteiger charge is -2.36. The predicted molar refractivity (Wildman–Crippen MR) is 62.3 cm³/mol. The van der Waals surface area contributed by atoms with Crippen molar-refractivity contribution in [1.82, 2.24) is 4.90 Å². The van der Waals surface area contributed by atoms with Crippen molar-refractivity contribution in [2.24, 2.45) is 0 Å². The molecule has 0 aromatic carbocycles. The van der Waals surface area contributed by atoms with Crippen LogP contribution < -0.4 is 0 Å². The highest BCUT2D eigenvalue weighted by Gasteiger charge is 2.25. The number of carbonyl (C=O) groups is 1. The van der Waals surface area contributed by atoms with E-state index in [1.807, 2.05) is 6.92 Å². The zero-order valence-electron chi connectivity index (χ0n) is 10.6. The molecule has 4 heteroatoms. The van der Waals surface area contributed by atoms with E-state index in [1.165, 1.54) is 0 Å². The largest absolute Gasteiger partial charge is 0.465 e. The van der Waals surface area contributed by atoms with Gasteiger partial charge in [0.15, 0.2) is 0 Å². The Labute approximate surface area is 97.9 Å². The summed E-state index contributed by atoms with van der Waals surface area (Å²) >= 11 is 0. The normalized spacial score (nSPS) is 18.1. The highest BCUT2D eigenvalue weighted by Crippen LogP contribution is 2.16. The molecule has 0 saturated carbocycles. The van der Waals surface area contributed by atoms with E-state index in [9.17, 15) is 4.79 Å².